The summed E-state index contributed by atoms with van der Waals surface area (Å²) in [6.45, 7) is 4.32. The fourth-order valence-corrected chi connectivity index (χ4v) is 2.49. The van der Waals surface area contributed by atoms with E-state index in [0.29, 0.717) is 28.5 Å². The third-order valence-corrected chi connectivity index (χ3v) is 4.09. The molecule has 0 aliphatic carbocycles. The largest absolute Gasteiger partial charge is 0.493 e. The first-order valence-corrected chi connectivity index (χ1v) is 8.24. The van der Waals surface area contributed by atoms with Crippen molar-refractivity contribution >= 4 is 5.91 Å². The predicted octanol–water partition coefficient (Wildman–Crippen LogP) is 3.29. The number of methoxy groups -OCH3 is 2. The van der Waals surface area contributed by atoms with Crippen molar-refractivity contribution in [3.8, 4) is 11.5 Å². The maximum Gasteiger partial charge on any atom is 0.251 e. The standard InChI is InChI=1S/C20H25NO4/c1-13(2)14-5-7-15(8-6-14)20(23)21-12-17(22)16-9-10-18(24-3)19(11-16)25-4/h5-11,13,17,22H,12H2,1-4H3,(H,21,23). The van der Waals surface area contributed by atoms with Crippen molar-refractivity contribution in [3.63, 3.8) is 0 Å². The van der Waals surface area contributed by atoms with Crippen molar-refractivity contribution in [2.24, 2.45) is 0 Å². The molecule has 25 heavy (non-hydrogen) atoms. The number of carbonyl (C=O) groups excluding carboxylic acids is 1. The van der Waals surface area contributed by atoms with Gasteiger partial charge in [0.05, 0.1) is 20.3 Å². The summed E-state index contributed by atoms with van der Waals surface area (Å²) in [6, 6.07) is 12.7. The van der Waals surface area contributed by atoms with Crippen LogP contribution in [0.25, 0.3) is 0 Å². The summed E-state index contributed by atoms with van der Waals surface area (Å²) in [6.07, 6.45) is -0.835. The molecule has 1 amide bonds. The fourth-order valence-electron chi connectivity index (χ4n) is 2.49. The molecule has 0 aliphatic heterocycles. The molecule has 2 rings (SSSR count). The Labute approximate surface area is 148 Å². The summed E-state index contributed by atoms with van der Waals surface area (Å²) in [4.78, 5) is 12.2. The topological polar surface area (TPSA) is 67.8 Å². The minimum Gasteiger partial charge on any atom is -0.493 e. The van der Waals surface area contributed by atoms with Crippen LogP contribution < -0.4 is 14.8 Å². The summed E-state index contributed by atoms with van der Waals surface area (Å²) in [5, 5.41) is 13.1. The summed E-state index contributed by atoms with van der Waals surface area (Å²) < 4.78 is 10.4. The second-order valence-corrected chi connectivity index (χ2v) is 6.12. The van der Waals surface area contributed by atoms with E-state index in [9.17, 15) is 9.90 Å². The Morgan fingerprint density at radius 2 is 1.60 bits per heavy atom. The molecule has 0 aliphatic rings. The average Bonchev–Trinajstić information content (AvgIpc) is 2.65. The van der Waals surface area contributed by atoms with Crippen molar-refractivity contribution in [1.29, 1.82) is 0 Å². The van der Waals surface area contributed by atoms with Gasteiger partial charge in [0.1, 0.15) is 0 Å². The SMILES string of the molecule is COc1ccc(C(O)CNC(=O)c2ccc(C(C)C)cc2)cc1OC. The summed E-state index contributed by atoms with van der Waals surface area (Å²) in [7, 11) is 3.09. The summed E-state index contributed by atoms with van der Waals surface area (Å²) in [5.41, 5.74) is 2.40. The van der Waals surface area contributed by atoms with Gasteiger partial charge in [-0.25, -0.2) is 0 Å². The highest BCUT2D eigenvalue weighted by Crippen LogP contribution is 2.29. The second kappa shape index (κ2) is 8.53. The molecule has 0 spiro atoms. The van der Waals surface area contributed by atoms with Gasteiger partial charge < -0.3 is 19.9 Å². The quantitative estimate of drug-likeness (QED) is 0.809. The Bertz CT molecular complexity index is 710. The zero-order valence-corrected chi connectivity index (χ0v) is 15.1. The van der Waals surface area contributed by atoms with Crippen molar-refractivity contribution in [3.05, 3.63) is 59.2 Å². The van der Waals surface area contributed by atoms with E-state index in [1.54, 1.807) is 37.4 Å². The Morgan fingerprint density at radius 1 is 1.00 bits per heavy atom. The number of nitrogens with one attached hydrogen (secondary N) is 1. The average molecular weight is 343 g/mol. The van der Waals surface area contributed by atoms with Crippen molar-refractivity contribution < 1.29 is 19.4 Å². The lowest BCUT2D eigenvalue weighted by atomic mass is 10.0. The Kier molecular flexibility index (Phi) is 6.42. The zero-order valence-electron chi connectivity index (χ0n) is 15.1. The van der Waals surface area contributed by atoms with E-state index in [1.807, 2.05) is 12.1 Å². The molecule has 0 radical (unpaired) electrons. The van der Waals surface area contributed by atoms with Gasteiger partial charge in [0.15, 0.2) is 11.5 Å². The van der Waals surface area contributed by atoms with E-state index in [2.05, 4.69) is 19.2 Å². The van der Waals surface area contributed by atoms with Crippen LogP contribution in [-0.2, 0) is 0 Å². The first kappa shape index (κ1) is 18.8. The van der Waals surface area contributed by atoms with Gasteiger partial charge in [-0.3, -0.25) is 4.79 Å². The number of amides is 1. The first-order valence-electron chi connectivity index (χ1n) is 8.24. The van der Waals surface area contributed by atoms with E-state index < -0.39 is 6.10 Å². The van der Waals surface area contributed by atoms with Crippen LogP contribution in [0.5, 0.6) is 11.5 Å². The van der Waals surface area contributed by atoms with Gasteiger partial charge in [-0.05, 0) is 41.3 Å². The number of aliphatic hydroxyl groups excluding tert-OH is 1. The lowest BCUT2D eigenvalue weighted by Crippen LogP contribution is -2.28. The van der Waals surface area contributed by atoms with Crippen molar-refractivity contribution in [2.45, 2.75) is 25.9 Å². The minimum atomic E-state index is -0.835. The van der Waals surface area contributed by atoms with E-state index in [4.69, 9.17) is 9.47 Å². The van der Waals surface area contributed by atoms with Gasteiger partial charge in [0, 0.05) is 12.1 Å². The van der Waals surface area contributed by atoms with Crippen LogP contribution in [0.15, 0.2) is 42.5 Å². The zero-order chi connectivity index (χ0) is 18.4. The molecule has 0 fully saturated rings. The third kappa shape index (κ3) is 4.73. The number of rotatable bonds is 7. The molecule has 0 aromatic heterocycles. The molecule has 1 atom stereocenters. The normalized spacial score (nSPS) is 11.9. The lowest BCUT2D eigenvalue weighted by Gasteiger charge is -2.15. The van der Waals surface area contributed by atoms with Crippen LogP contribution >= 0.6 is 0 Å². The predicted molar refractivity (Wildman–Crippen MR) is 97.4 cm³/mol. The van der Waals surface area contributed by atoms with E-state index in [0.717, 1.165) is 0 Å². The highest BCUT2D eigenvalue weighted by Gasteiger charge is 2.14. The maximum atomic E-state index is 12.2. The van der Waals surface area contributed by atoms with Crippen LogP contribution in [0, 0.1) is 0 Å². The van der Waals surface area contributed by atoms with Crippen LogP contribution in [0.1, 0.15) is 47.4 Å². The minimum absolute atomic E-state index is 0.111. The van der Waals surface area contributed by atoms with Crippen LogP contribution in [0.2, 0.25) is 0 Å². The Balaban J connectivity index is 1.99. The molecule has 1 unspecified atom stereocenters. The summed E-state index contributed by atoms with van der Waals surface area (Å²) in [5.74, 6) is 1.33. The first-order chi connectivity index (χ1) is 12.0. The highest BCUT2D eigenvalue weighted by molar-refractivity contribution is 5.94. The molecule has 2 aromatic carbocycles. The monoisotopic (exact) mass is 343 g/mol. The third-order valence-electron chi connectivity index (χ3n) is 4.09. The molecule has 5 heteroatoms. The maximum absolute atomic E-state index is 12.2. The smallest absolute Gasteiger partial charge is 0.251 e. The highest BCUT2D eigenvalue weighted by atomic mass is 16.5. The van der Waals surface area contributed by atoms with Gasteiger partial charge in [-0.2, -0.15) is 0 Å². The van der Waals surface area contributed by atoms with E-state index >= 15 is 0 Å². The molecule has 2 N–H and O–H groups in total. The molecule has 134 valence electrons. The molecule has 0 bridgehead atoms. The number of ether oxygens (including phenoxy) is 2. The van der Waals surface area contributed by atoms with Crippen LogP contribution in [0.3, 0.4) is 0 Å². The van der Waals surface area contributed by atoms with E-state index in [-0.39, 0.29) is 12.5 Å². The molecule has 0 saturated heterocycles. The molecular formula is C20H25NO4. The summed E-state index contributed by atoms with van der Waals surface area (Å²) >= 11 is 0. The van der Waals surface area contributed by atoms with Crippen molar-refractivity contribution in [1.82, 2.24) is 5.32 Å². The van der Waals surface area contributed by atoms with Gasteiger partial charge in [0.25, 0.3) is 5.91 Å². The number of benzene rings is 2. The lowest BCUT2D eigenvalue weighted by molar-refractivity contribution is 0.0916. The van der Waals surface area contributed by atoms with Crippen LogP contribution in [-0.4, -0.2) is 31.8 Å². The molecule has 0 saturated carbocycles. The molecule has 0 heterocycles. The molecular weight excluding hydrogens is 318 g/mol. The number of aliphatic hydroxyl groups is 1. The molecule has 5 nitrogen and oxygen atoms in total. The van der Waals surface area contributed by atoms with Gasteiger partial charge in [-0.1, -0.05) is 32.0 Å². The number of carbonyl (C=O) groups is 1. The Morgan fingerprint density at radius 3 is 2.16 bits per heavy atom. The van der Waals surface area contributed by atoms with Gasteiger partial charge in [0.2, 0.25) is 0 Å². The number of hydrogen-bond donors (Lipinski definition) is 2. The van der Waals surface area contributed by atoms with Gasteiger partial charge in [-0.15, -0.1) is 0 Å². The van der Waals surface area contributed by atoms with Crippen molar-refractivity contribution in [2.75, 3.05) is 20.8 Å². The molecule has 2 aromatic rings. The van der Waals surface area contributed by atoms with Crippen LogP contribution in [0.4, 0.5) is 0 Å². The number of hydrogen-bond acceptors (Lipinski definition) is 4. The van der Waals surface area contributed by atoms with Gasteiger partial charge >= 0.3 is 0 Å². The Hall–Kier alpha value is -2.53. The van der Waals surface area contributed by atoms with E-state index in [1.165, 1.54) is 12.7 Å². The fraction of sp³-hybridized carbons (Fsp3) is 0.350. The second-order valence-electron chi connectivity index (χ2n) is 6.12.